The molecule has 0 radical (unpaired) electrons. The van der Waals surface area contributed by atoms with Gasteiger partial charge in [0.05, 0.1) is 28.2 Å². The number of pyridine rings is 1. The average molecular weight is 498 g/mol. The second kappa shape index (κ2) is 8.51. The van der Waals surface area contributed by atoms with Gasteiger partial charge in [-0.2, -0.15) is 23.4 Å². The Morgan fingerprint density at radius 1 is 1.03 bits per heavy atom. The summed E-state index contributed by atoms with van der Waals surface area (Å²) in [6.45, 7) is 1.74. The maximum absolute atomic E-state index is 14.1. The topological polar surface area (TPSA) is 90.5 Å². The van der Waals surface area contributed by atoms with Crippen LogP contribution in [0, 0.1) is 6.92 Å². The van der Waals surface area contributed by atoms with Crippen LogP contribution in [0.4, 0.5) is 18.9 Å². The van der Waals surface area contributed by atoms with Crippen LogP contribution in [0.1, 0.15) is 21.9 Å². The highest BCUT2D eigenvalue weighted by Crippen LogP contribution is 2.35. The van der Waals surface area contributed by atoms with Crippen molar-refractivity contribution in [1.82, 2.24) is 29.5 Å². The van der Waals surface area contributed by atoms with E-state index in [1.807, 2.05) is 0 Å². The number of anilines is 1. The van der Waals surface area contributed by atoms with Gasteiger partial charge < -0.3 is 5.32 Å². The maximum atomic E-state index is 14.1. The molecule has 0 bridgehead atoms. The largest absolute Gasteiger partial charge is 0.434 e. The smallest absolute Gasteiger partial charge is 0.322 e. The van der Waals surface area contributed by atoms with Crippen LogP contribution in [0.2, 0.25) is 5.02 Å². The van der Waals surface area contributed by atoms with E-state index >= 15 is 0 Å². The minimum absolute atomic E-state index is 0.151. The third-order valence-corrected chi connectivity index (χ3v) is 5.63. The van der Waals surface area contributed by atoms with Gasteiger partial charge in [0, 0.05) is 23.5 Å². The Kier molecular flexibility index (Phi) is 5.48. The van der Waals surface area contributed by atoms with Crippen LogP contribution >= 0.6 is 11.6 Å². The van der Waals surface area contributed by atoms with Gasteiger partial charge in [-0.05, 0) is 42.6 Å². The third-order valence-electron chi connectivity index (χ3n) is 5.32. The summed E-state index contributed by atoms with van der Waals surface area (Å²) in [6, 6.07) is 11.0. The zero-order valence-electron chi connectivity index (χ0n) is 18.0. The Morgan fingerprint density at radius 2 is 1.86 bits per heavy atom. The first-order valence-electron chi connectivity index (χ1n) is 10.2. The summed E-state index contributed by atoms with van der Waals surface area (Å²) in [5.74, 6) is -0.391. The fourth-order valence-electron chi connectivity index (χ4n) is 3.74. The minimum Gasteiger partial charge on any atom is -0.322 e. The molecule has 5 rings (SSSR count). The second-order valence-corrected chi connectivity index (χ2v) is 7.94. The Bertz CT molecular complexity index is 1570. The summed E-state index contributed by atoms with van der Waals surface area (Å²) >= 11 is 6.32. The number of hydrogen-bond donors (Lipinski definition) is 1. The number of carbonyl (C=O) groups is 1. The summed E-state index contributed by atoms with van der Waals surface area (Å²) in [4.78, 5) is 21.0. The summed E-state index contributed by atoms with van der Waals surface area (Å²) in [5, 5.41) is 11.8. The predicted octanol–water partition coefficient (Wildman–Crippen LogP) is 5.23. The van der Waals surface area contributed by atoms with Crippen LogP contribution in [0.3, 0.4) is 0 Å². The molecule has 0 aliphatic rings. The number of hydrogen-bond acceptors (Lipinski definition) is 5. The van der Waals surface area contributed by atoms with Gasteiger partial charge in [0.25, 0.3) is 5.91 Å². The van der Waals surface area contributed by atoms with Crippen molar-refractivity contribution < 1.29 is 18.0 Å². The minimum atomic E-state index is -4.86. The van der Waals surface area contributed by atoms with Crippen molar-refractivity contribution in [3.8, 4) is 11.4 Å². The number of benzene rings is 2. The molecule has 1 N–H and O–H groups in total. The van der Waals surface area contributed by atoms with Crippen molar-refractivity contribution in [3.05, 3.63) is 89.5 Å². The molecule has 2 aromatic carbocycles. The van der Waals surface area contributed by atoms with Crippen LogP contribution < -0.4 is 5.32 Å². The number of amides is 1. The monoisotopic (exact) mass is 497 g/mol. The van der Waals surface area contributed by atoms with Crippen LogP contribution in [-0.2, 0) is 6.18 Å². The van der Waals surface area contributed by atoms with E-state index < -0.39 is 23.3 Å². The number of aryl methyl sites for hydroxylation is 1. The van der Waals surface area contributed by atoms with E-state index in [9.17, 15) is 18.0 Å². The first-order chi connectivity index (χ1) is 16.7. The van der Waals surface area contributed by atoms with E-state index in [1.54, 1.807) is 37.4 Å². The normalized spacial score (nSPS) is 11.7. The predicted molar refractivity (Wildman–Crippen MR) is 123 cm³/mol. The zero-order chi connectivity index (χ0) is 24.7. The summed E-state index contributed by atoms with van der Waals surface area (Å²) < 4.78 is 44.6. The molecule has 0 spiro atoms. The molecular weight excluding hydrogens is 483 g/mol. The fourth-order valence-corrected chi connectivity index (χ4v) is 4.00. The van der Waals surface area contributed by atoms with Crippen LogP contribution in [0.25, 0.3) is 22.1 Å². The fraction of sp³-hybridized carbons (Fsp3) is 0.0870. The molecule has 8 nitrogen and oxygen atoms in total. The number of aromatic nitrogens is 6. The van der Waals surface area contributed by atoms with Gasteiger partial charge in [0.2, 0.25) is 0 Å². The van der Waals surface area contributed by atoms with Gasteiger partial charge in [0.1, 0.15) is 12.2 Å². The van der Waals surface area contributed by atoms with Gasteiger partial charge >= 0.3 is 6.18 Å². The van der Waals surface area contributed by atoms with E-state index in [-0.39, 0.29) is 16.4 Å². The van der Waals surface area contributed by atoms with Crippen molar-refractivity contribution in [2.75, 3.05) is 5.32 Å². The number of alkyl halides is 3. The number of fused-ring (bicyclic) bond motifs is 1. The number of nitrogens with zero attached hydrogens (tertiary/aromatic N) is 6. The Labute approximate surface area is 201 Å². The standard InChI is InChI=1S/C23H15ClF3N7O/c1-13-29-12-31-33(13)20-6-5-15(9-18(20)24)32-22(35)17-11-30-34(21(17)23(25,26)27)19-4-2-3-14-7-8-28-10-16(14)19/h2-12H,1H3,(H,32,35). The molecule has 0 fully saturated rings. The van der Waals surface area contributed by atoms with Crippen molar-refractivity contribution in [3.63, 3.8) is 0 Å². The van der Waals surface area contributed by atoms with E-state index in [0.29, 0.717) is 27.0 Å². The maximum Gasteiger partial charge on any atom is 0.434 e. The molecule has 3 heterocycles. The molecule has 1 amide bonds. The quantitative estimate of drug-likeness (QED) is 0.367. The number of carbonyl (C=O) groups excluding carboxylic acids is 1. The van der Waals surface area contributed by atoms with E-state index in [4.69, 9.17) is 11.6 Å². The highest BCUT2D eigenvalue weighted by molar-refractivity contribution is 6.32. The van der Waals surface area contributed by atoms with Gasteiger partial charge in [-0.3, -0.25) is 9.78 Å². The molecule has 0 saturated heterocycles. The highest BCUT2D eigenvalue weighted by atomic mass is 35.5. The third kappa shape index (κ3) is 4.10. The van der Waals surface area contributed by atoms with Crippen LogP contribution in [0.5, 0.6) is 0 Å². The Morgan fingerprint density at radius 3 is 2.57 bits per heavy atom. The molecule has 0 aliphatic heterocycles. The SMILES string of the molecule is Cc1ncnn1-c1ccc(NC(=O)c2cnn(-c3cccc4ccncc34)c2C(F)(F)F)cc1Cl. The van der Waals surface area contributed by atoms with E-state index in [0.717, 1.165) is 6.20 Å². The van der Waals surface area contributed by atoms with Crippen molar-refractivity contribution in [2.24, 2.45) is 0 Å². The molecule has 5 aromatic rings. The second-order valence-electron chi connectivity index (χ2n) is 7.53. The number of halogens is 4. The van der Waals surface area contributed by atoms with Gasteiger partial charge in [0.15, 0.2) is 5.69 Å². The van der Waals surface area contributed by atoms with Crippen molar-refractivity contribution in [1.29, 1.82) is 0 Å². The van der Waals surface area contributed by atoms with Gasteiger partial charge in [-0.15, -0.1) is 0 Å². The molecule has 0 atom stereocenters. The molecule has 0 unspecified atom stereocenters. The lowest BCUT2D eigenvalue weighted by Crippen LogP contribution is -2.21. The van der Waals surface area contributed by atoms with Crippen molar-refractivity contribution in [2.45, 2.75) is 13.1 Å². The lowest BCUT2D eigenvalue weighted by atomic mass is 10.1. The van der Waals surface area contributed by atoms with Gasteiger partial charge in [-0.25, -0.2) is 14.3 Å². The lowest BCUT2D eigenvalue weighted by molar-refractivity contribution is -0.143. The molecule has 35 heavy (non-hydrogen) atoms. The zero-order valence-corrected chi connectivity index (χ0v) is 18.7. The van der Waals surface area contributed by atoms with Gasteiger partial charge in [-0.1, -0.05) is 23.7 Å². The van der Waals surface area contributed by atoms with Crippen LogP contribution in [0.15, 0.2) is 67.4 Å². The number of nitrogens with one attached hydrogen (secondary N) is 1. The molecule has 0 saturated carbocycles. The Balaban J connectivity index is 1.52. The first-order valence-corrected chi connectivity index (χ1v) is 10.6. The van der Waals surface area contributed by atoms with E-state index in [2.05, 4.69) is 25.5 Å². The first kappa shape index (κ1) is 22.5. The van der Waals surface area contributed by atoms with Crippen molar-refractivity contribution >= 4 is 34.0 Å². The van der Waals surface area contributed by atoms with Crippen LogP contribution in [-0.4, -0.2) is 35.4 Å². The summed E-state index contributed by atoms with van der Waals surface area (Å²) in [6.07, 6.45) is 0.386. The lowest BCUT2D eigenvalue weighted by Gasteiger charge is -2.14. The molecule has 176 valence electrons. The highest BCUT2D eigenvalue weighted by Gasteiger charge is 2.41. The Hall–Kier alpha value is -4.25. The number of rotatable bonds is 4. The van der Waals surface area contributed by atoms with E-state index in [1.165, 1.54) is 35.4 Å². The molecule has 0 aliphatic carbocycles. The molecule has 3 aromatic heterocycles. The summed E-state index contributed by atoms with van der Waals surface area (Å²) in [5.41, 5.74) is -0.972. The summed E-state index contributed by atoms with van der Waals surface area (Å²) in [7, 11) is 0. The average Bonchev–Trinajstić information content (AvgIpc) is 3.45. The molecular formula is C23H15ClF3N7O. The molecule has 12 heteroatoms.